The first kappa shape index (κ1) is 22.8. The molecular weight excluding hydrogens is 447 g/mol. The van der Waals surface area contributed by atoms with Gasteiger partial charge in [0, 0.05) is 51.1 Å². The monoisotopic (exact) mass is 470 g/mol. The Kier molecular flexibility index (Phi) is 9.01. The fourth-order valence-electron chi connectivity index (χ4n) is 3.42. The molecule has 1 aliphatic rings. The van der Waals surface area contributed by atoms with Crippen molar-refractivity contribution in [1.29, 1.82) is 0 Å². The Morgan fingerprint density at radius 2 is 1.69 bits per heavy atom. The van der Waals surface area contributed by atoms with E-state index < -0.39 is 0 Å². The second-order valence-electron chi connectivity index (χ2n) is 7.22. The van der Waals surface area contributed by atoms with Crippen molar-refractivity contribution in [3.05, 3.63) is 68.7 Å². The van der Waals surface area contributed by atoms with E-state index in [0.717, 1.165) is 54.6 Å². The van der Waals surface area contributed by atoms with Crippen LogP contribution in [0.25, 0.3) is 0 Å². The SMILES string of the molecule is O=C(NCCSCc1ccc(Cl)cc1)C1CCN(Cc2c(Cl)cccc2Cl)CC1. The van der Waals surface area contributed by atoms with Gasteiger partial charge in [0.2, 0.25) is 5.91 Å². The molecule has 1 heterocycles. The summed E-state index contributed by atoms with van der Waals surface area (Å²) < 4.78 is 0. The number of benzene rings is 2. The minimum atomic E-state index is 0.0919. The number of nitrogens with one attached hydrogen (secondary N) is 1. The van der Waals surface area contributed by atoms with E-state index in [9.17, 15) is 4.79 Å². The van der Waals surface area contributed by atoms with Crippen LogP contribution in [0.1, 0.15) is 24.0 Å². The van der Waals surface area contributed by atoms with Crippen molar-refractivity contribution in [3.63, 3.8) is 0 Å². The lowest BCUT2D eigenvalue weighted by atomic mass is 9.95. The highest BCUT2D eigenvalue weighted by Gasteiger charge is 2.25. The van der Waals surface area contributed by atoms with Crippen LogP contribution >= 0.6 is 46.6 Å². The van der Waals surface area contributed by atoms with E-state index in [2.05, 4.69) is 10.2 Å². The van der Waals surface area contributed by atoms with Crippen molar-refractivity contribution >= 4 is 52.5 Å². The smallest absolute Gasteiger partial charge is 0.223 e. The van der Waals surface area contributed by atoms with Gasteiger partial charge in [0.05, 0.1) is 0 Å². The van der Waals surface area contributed by atoms with Gasteiger partial charge in [-0.2, -0.15) is 11.8 Å². The maximum absolute atomic E-state index is 12.4. The molecule has 7 heteroatoms. The summed E-state index contributed by atoms with van der Waals surface area (Å²) in [6.45, 7) is 3.19. The number of likely N-dealkylation sites (tertiary alicyclic amines) is 1. The molecule has 1 aliphatic heterocycles. The van der Waals surface area contributed by atoms with Gasteiger partial charge in [-0.1, -0.05) is 53.0 Å². The van der Waals surface area contributed by atoms with Crippen LogP contribution in [0.15, 0.2) is 42.5 Å². The van der Waals surface area contributed by atoms with Crippen molar-refractivity contribution in [2.75, 3.05) is 25.4 Å². The van der Waals surface area contributed by atoms with E-state index in [-0.39, 0.29) is 11.8 Å². The molecule has 29 heavy (non-hydrogen) atoms. The predicted octanol–water partition coefficient (Wildman–Crippen LogP) is 5.91. The second kappa shape index (κ2) is 11.5. The fraction of sp³-hybridized carbons (Fsp3) is 0.409. The molecule has 3 nitrogen and oxygen atoms in total. The molecule has 0 aliphatic carbocycles. The molecule has 0 atom stereocenters. The first-order chi connectivity index (χ1) is 14.0. The van der Waals surface area contributed by atoms with Crippen LogP contribution in [0.4, 0.5) is 0 Å². The zero-order chi connectivity index (χ0) is 20.6. The van der Waals surface area contributed by atoms with Crippen molar-refractivity contribution in [3.8, 4) is 0 Å². The van der Waals surface area contributed by atoms with Crippen molar-refractivity contribution in [2.24, 2.45) is 5.92 Å². The molecule has 2 aromatic carbocycles. The number of rotatable bonds is 8. The normalized spacial score (nSPS) is 15.4. The van der Waals surface area contributed by atoms with Crippen molar-refractivity contribution in [1.82, 2.24) is 10.2 Å². The number of carbonyl (C=O) groups is 1. The molecule has 1 saturated heterocycles. The van der Waals surface area contributed by atoms with Crippen LogP contribution in [-0.2, 0) is 17.1 Å². The van der Waals surface area contributed by atoms with Crippen LogP contribution in [0, 0.1) is 5.92 Å². The Balaban J connectivity index is 1.33. The summed E-state index contributed by atoms with van der Waals surface area (Å²) in [5, 5.41) is 5.25. The highest BCUT2D eigenvalue weighted by Crippen LogP contribution is 2.27. The molecule has 0 bridgehead atoms. The average molecular weight is 472 g/mol. The Morgan fingerprint density at radius 3 is 2.34 bits per heavy atom. The third-order valence-corrected chi connectivity index (χ3v) is 7.12. The van der Waals surface area contributed by atoms with Crippen LogP contribution < -0.4 is 5.32 Å². The topological polar surface area (TPSA) is 32.3 Å². The molecule has 1 amide bonds. The van der Waals surface area contributed by atoms with Gasteiger partial charge >= 0.3 is 0 Å². The number of halogens is 3. The Hall–Kier alpha value is -0.910. The Morgan fingerprint density at radius 1 is 1.03 bits per heavy atom. The zero-order valence-corrected chi connectivity index (χ0v) is 19.3. The third-order valence-electron chi connectivity index (χ3n) is 5.13. The van der Waals surface area contributed by atoms with Gasteiger partial charge in [-0.05, 0) is 55.8 Å². The van der Waals surface area contributed by atoms with E-state index in [1.54, 1.807) is 0 Å². The van der Waals surface area contributed by atoms with Gasteiger partial charge in [0.1, 0.15) is 0 Å². The molecule has 1 fully saturated rings. The summed E-state index contributed by atoms with van der Waals surface area (Å²) >= 11 is 20.3. The number of hydrogen-bond donors (Lipinski definition) is 1. The van der Waals surface area contributed by atoms with E-state index in [4.69, 9.17) is 34.8 Å². The number of thioether (sulfide) groups is 1. The Bertz CT molecular complexity index is 788. The summed E-state index contributed by atoms with van der Waals surface area (Å²) in [4.78, 5) is 14.8. The summed E-state index contributed by atoms with van der Waals surface area (Å²) in [7, 11) is 0. The first-order valence-corrected chi connectivity index (χ1v) is 12.1. The van der Waals surface area contributed by atoms with Crippen LogP contribution in [0.5, 0.6) is 0 Å². The maximum atomic E-state index is 12.4. The van der Waals surface area contributed by atoms with Crippen molar-refractivity contribution < 1.29 is 4.79 Å². The second-order valence-corrected chi connectivity index (χ2v) is 9.58. The molecule has 1 N–H and O–H groups in total. The van der Waals surface area contributed by atoms with E-state index in [1.165, 1.54) is 5.56 Å². The molecule has 3 rings (SSSR count). The molecule has 0 saturated carbocycles. The van der Waals surface area contributed by atoms with E-state index >= 15 is 0 Å². The van der Waals surface area contributed by atoms with Gasteiger partial charge in [-0.15, -0.1) is 0 Å². The first-order valence-electron chi connectivity index (χ1n) is 9.78. The lowest BCUT2D eigenvalue weighted by molar-refractivity contribution is -0.126. The van der Waals surface area contributed by atoms with Crippen molar-refractivity contribution in [2.45, 2.75) is 25.1 Å². The van der Waals surface area contributed by atoms with Gasteiger partial charge in [-0.3, -0.25) is 9.69 Å². The lowest BCUT2D eigenvalue weighted by Gasteiger charge is -2.31. The largest absolute Gasteiger partial charge is 0.355 e. The highest BCUT2D eigenvalue weighted by atomic mass is 35.5. The van der Waals surface area contributed by atoms with E-state index in [0.29, 0.717) is 16.6 Å². The summed E-state index contributed by atoms with van der Waals surface area (Å²) in [5.41, 5.74) is 2.22. The Labute approximate surface area is 192 Å². The number of amides is 1. The fourth-order valence-corrected chi connectivity index (χ4v) is 4.88. The summed E-state index contributed by atoms with van der Waals surface area (Å²) in [6, 6.07) is 13.5. The lowest BCUT2D eigenvalue weighted by Crippen LogP contribution is -2.40. The number of carbonyl (C=O) groups excluding carboxylic acids is 1. The molecule has 156 valence electrons. The predicted molar refractivity (Wildman–Crippen MR) is 125 cm³/mol. The number of hydrogen-bond acceptors (Lipinski definition) is 3. The standard InChI is InChI=1S/C22H25Cl3N2OS/c23-18-6-4-16(5-7-18)15-29-13-10-26-22(28)17-8-11-27(12-9-17)14-19-20(24)2-1-3-21(19)25/h1-7,17H,8-15H2,(H,26,28). The number of nitrogens with zero attached hydrogens (tertiary/aromatic N) is 1. The quantitative estimate of drug-likeness (QED) is 0.486. The summed E-state index contributed by atoms with van der Waals surface area (Å²) in [6.07, 6.45) is 1.73. The molecular formula is C22H25Cl3N2OS. The molecule has 0 spiro atoms. The molecule has 0 aromatic heterocycles. The van der Waals surface area contributed by atoms with Gasteiger partial charge in [0.25, 0.3) is 0 Å². The third kappa shape index (κ3) is 7.08. The van der Waals surface area contributed by atoms with Crippen LogP contribution in [0.3, 0.4) is 0 Å². The maximum Gasteiger partial charge on any atom is 0.223 e. The molecule has 2 aromatic rings. The van der Waals surface area contributed by atoms with Crippen LogP contribution in [-0.4, -0.2) is 36.2 Å². The minimum absolute atomic E-state index is 0.0919. The highest BCUT2D eigenvalue weighted by molar-refractivity contribution is 7.98. The zero-order valence-electron chi connectivity index (χ0n) is 16.2. The van der Waals surface area contributed by atoms with Crippen LogP contribution in [0.2, 0.25) is 15.1 Å². The summed E-state index contributed by atoms with van der Waals surface area (Å²) in [5.74, 6) is 2.09. The minimum Gasteiger partial charge on any atom is -0.355 e. The average Bonchev–Trinajstić information content (AvgIpc) is 2.72. The number of piperidine rings is 1. The van der Waals surface area contributed by atoms with Gasteiger partial charge in [0.15, 0.2) is 0 Å². The van der Waals surface area contributed by atoms with Gasteiger partial charge < -0.3 is 5.32 Å². The molecule has 0 radical (unpaired) electrons. The van der Waals surface area contributed by atoms with E-state index in [1.807, 2.05) is 54.2 Å². The van der Waals surface area contributed by atoms with Gasteiger partial charge in [-0.25, -0.2) is 0 Å². The molecule has 0 unspecified atom stereocenters.